The molecule has 0 bridgehead atoms. The van der Waals surface area contributed by atoms with Crippen molar-refractivity contribution in [3.63, 3.8) is 0 Å². The minimum absolute atomic E-state index is 0.0647. The number of hydrogen-bond acceptors (Lipinski definition) is 6. The third-order valence-corrected chi connectivity index (χ3v) is 4.66. The summed E-state index contributed by atoms with van der Waals surface area (Å²) in [6, 6.07) is 14.9. The molecule has 8 heteroatoms. The Morgan fingerprint density at radius 1 is 1.16 bits per heavy atom. The molecule has 0 fully saturated rings. The van der Waals surface area contributed by atoms with Gasteiger partial charge in [0.15, 0.2) is 11.3 Å². The van der Waals surface area contributed by atoms with Crippen LogP contribution in [-0.2, 0) is 0 Å². The fourth-order valence-corrected chi connectivity index (χ4v) is 3.31. The molecule has 0 saturated heterocycles. The molecule has 0 unspecified atom stereocenters. The predicted molar refractivity (Wildman–Crippen MR) is 117 cm³/mol. The van der Waals surface area contributed by atoms with E-state index in [4.69, 9.17) is 9.84 Å². The number of rotatable bonds is 7. The summed E-state index contributed by atoms with van der Waals surface area (Å²) in [6.07, 6.45) is 2.03. The molecule has 0 atom stereocenters. The molecular weight excluding hydrogens is 394 g/mol. The highest BCUT2D eigenvalue weighted by Gasteiger charge is 2.16. The number of pyridine rings is 1. The van der Waals surface area contributed by atoms with Crippen LogP contribution in [0.1, 0.15) is 28.2 Å². The molecule has 1 amide bonds. The second kappa shape index (κ2) is 8.93. The number of para-hydroxylation sites is 1. The Morgan fingerprint density at radius 2 is 2.00 bits per heavy atom. The van der Waals surface area contributed by atoms with Gasteiger partial charge in [0.1, 0.15) is 11.6 Å². The number of ether oxygens (including phenoxy) is 1. The van der Waals surface area contributed by atoms with Crippen molar-refractivity contribution < 1.29 is 14.6 Å². The van der Waals surface area contributed by atoms with Crippen LogP contribution in [0.2, 0.25) is 0 Å². The summed E-state index contributed by atoms with van der Waals surface area (Å²) >= 11 is 0. The summed E-state index contributed by atoms with van der Waals surface area (Å²) in [5.74, 6) is 0.798. The van der Waals surface area contributed by atoms with Gasteiger partial charge in [-0.3, -0.25) is 4.79 Å². The zero-order chi connectivity index (χ0) is 21.8. The molecule has 0 aliphatic rings. The number of aryl methyl sites for hydroxylation is 2. The van der Waals surface area contributed by atoms with E-state index < -0.39 is 0 Å². The lowest BCUT2D eigenvalue weighted by Gasteiger charge is -2.11. The number of aliphatic hydroxyl groups is 1. The number of nitrogens with one attached hydrogen (secondary N) is 1. The SMILES string of the molecule is Cc1cc(C)nc(NC(=O)c2cnc3ccc(-c4ccccc4OCCCO)nn23)c1. The van der Waals surface area contributed by atoms with Gasteiger partial charge in [-0.05, 0) is 55.8 Å². The van der Waals surface area contributed by atoms with Crippen molar-refractivity contribution in [3.05, 3.63) is 71.7 Å². The first-order valence-corrected chi connectivity index (χ1v) is 9.99. The molecule has 0 saturated carbocycles. The number of amides is 1. The molecule has 31 heavy (non-hydrogen) atoms. The largest absolute Gasteiger partial charge is 0.493 e. The average molecular weight is 417 g/mol. The Bertz CT molecular complexity index is 1210. The predicted octanol–water partition coefficient (Wildman–Crippen LogP) is 3.42. The summed E-state index contributed by atoms with van der Waals surface area (Å²) in [4.78, 5) is 21.6. The minimum atomic E-state index is -0.345. The lowest BCUT2D eigenvalue weighted by molar-refractivity contribution is 0.102. The maximum atomic E-state index is 12.9. The number of imidazole rings is 1. The van der Waals surface area contributed by atoms with E-state index in [0.29, 0.717) is 41.6 Å². The van der Waals surface area contributed by atoms with E-state index in [2.05, 4.69) is 20.4 Å². The molecule has 3 heterocycles. The zero-order valence-electron chi connectivity index (χ0n) is 17.4. The molecule has 3 aromatic heterocycles. The first-order chi connectivity index (χ1) is 15.0. The third kappa shape index (κ3) is 4.54. The molecule has 2 N–H and O–H groups in total. The first-order valence-electron chi connectivity index (χ1n) is 9.99. The summed E-state index contributed by atoms with van der Waals surface area (Å²) < 4.78 is 7.30. The molecule has 0 aliphatic carbocycles. The smallest absolute Gasteiger partial charge is 0.277 e. The normalized spacial score (nSPS) is 10.9. The first kappa shape index (κ1) is 20.5. The third-order valence-electron chi connectivity index (χ3n) is 4.66. The van der Waals surface area contributed by atoms with Crippen molar-refractivity contribution in [3.8, 4) is 17.0 Å². The van der Waals surface area contributed by atoms with E-state index in [0.717, 1.165) is 16.8 Å². The standard InChI is InChI=1S/C23H23N5O3/c1-15-12-16(2)25-21(13-15)26-23(30)19-14-24-22-9-8-18(27-28(19)22)17-6-3-4-7-20(17)31-11-5-10-29/h3-4,6-9,12-14,29H,5,10-11H2,1-2H3,(H,25,26,30). The number of carbonyl (C=O) groups excluding carboxylic acids is 1. The van der Waals surface area contributed by atoms with Crippen molar-refractivity contribution in [1.82, 2.24) is 19.6 Å². The molecule has 4 rings (SSSR count). The van der Waals surface area contributed by atoms with Crippen LogP contribution in [-0.4, -0.2) is 43.8 Å². The lowest BCUT2D eigenvalue weighted by atomic mass is 10.1. The number of aromatic nitrogens is 4. The van der Waals surface area contributed by atoms with E-state index >= 15 is 0 Å². The van der Waals surface area contributed by atoms with Crippen molar-refractivity contribution in [2.24, 2.45) is 0 Å². The maximum Gasteiger partial charge on any atom is 0.277 e. The van der Waals surface area contributed by atoms with Gasteiger partial charge in [-0.25, -0.2) is 14.5 Å². The summed E-state index contributed by atoms with van der Waals surface area (Å²) in [5.41, 5.74) is 4.13. The molecular formula is C23H23N5O3. The zero-order valence-corrected chi connectivity index (χ0v) is 17.4. The number of nitrogens with zero attached hydrogens (tertiary/aromatic N) is 4. The molecule has 8 nitrogen and oxygen atoms in total. The van der Waals surface area contributed by atoms with Crippen LogP contribution in [0.25, 0.3) is 16.9 Å². The van der Waals surface area contributed by atoms with Crippen LogP contribution in [0.4, 0.5) is 5.82 Å². The number of aliphatic hydroxyl groups excluding tert-OH is 1. The Labute approximate surface area is 179 Å². The van der Waals surface area contributed by atoms with Crippen LogP contribution >= 0.6 is 0 Å². The van der Waals surface area contributed by atoms with Gasteiger partial charge in [0.25, 0.3) is 5.91 Å². The summed E-state index contributed by atoms with van der Waals surface area (Å²) in [5, 5.41) is 16.5. The van der Waals surface area contributed by atoms with Crippen molar-refractivity contribution in [2.45, 2.75) is 20.3 Å². The topological polar surface area (TPSA) is 102 Å². The van der Waals surface area contributed by atoms with Gasteiger partial charge in [-0.2, -0.15) is 5.10 Å². The van der Waals surface area contributed by atoms with Crippen LogP contribution in [0.3, 0.4) is 0 Å². The number of fused-ring (bicyclic) bond motifs is 1. The fourth-order valence-electron chi connectivity index (χ4n) is 3.31. The number of hydrogen-bond donors (Lipinski definition) is 2. The highest BCUT2D eigenvalue weighted by atomic mass is 16.5. The molecule has 4 aromatic rings. The van der Waals surface area contributed by atoms with Crippen molar-refractivity contribution in [1.29, 1.82) is 0 Å². The van der Waals surface area contributed by atoms with Crippen LogP contribution in [0.15, 0.2) is 54.7 Å². The highest BCUT2D eigenvalue weighted by molar-refractivity contribution is 6.02. The van der Waals surface area contributed by atoms with Gasteiger partial charge >= 0.3 is 0 Å². The van der Waals surface area contributed by atoms with Crippen LogP contribution < -0.4 is 10.1 Å². The Morgan fingerprint density at radius 3 is 2.81 bits per heavy atom. The number of anilines is 1. The van der Waals surface area contributed by atoms with Gasteiger partial charge in [0.2, 0.25) is 0 Å². The summed E-state index contributed by atoms with van der Waals surface area (Å²) in [7, 11) is 0. The molecule has 1 aromatic carbocycles. The van der Waals surface area contributed by atoms with E-state index in [1.807, 2.05) is 56.3 Å². The highest BCUT2D eigenvalue weighted by Crippen LogP contribution is 2.28. The Kier molecular flexibility index (Phi) is 5.90. The molecule has 158 valence electrons. The van der Waals surface area contributed by atoms with Crippen LogP contribution in [0, 0.1) is 13.8 Å². The fraction of sp³-hybridized carbons (Fsp3) is 0.217. The number of carbonyl (C=O) groups is 1. The molecule has 0 radical (unpaired) electrons. The lowest BCUT2D eigenvalue weighted by Crippen LogP contribution is -2.16. The minimum Gasteiger partial charge on any atom is -0.493 e. The quantitative estimate of drug-likeness (QED) is 0.447. The van der Waals surface area contributed by atoms with E-state index in [1.54, 1.807) is 6.07 Å². The Hall–Kier alpha value is -3.78. The van der Waals surface area contributed by atoms with Gasteiger partial charge < -0.3 is 15.2 Å². The second-order valence-electron chi connectivity index (χ2n) is 7.18. The Balaban J connectivity index is 1.66. The monoisotopic (exact) mass is 417 g/mol. The molecule has 0 spiro atoms. The van der Waals surface area contributed by atoms with Gasteiger partial charge in [0, 0.05) is 24.3 Å². The average Bonchev–Trinajstić information content (AvgIpc) is 3.17. The van der Waals surface area contributed by atoms with Crippen molar-refractivity contribution >= 4 is 17.4 Å². The van der Waals surface area contributed by atoms with E-state index in [-0.39, 0.29) is 12.5 Å². The van der Waals surface area contributed by atoms with Gasteiger partial charge in [-0.15, -0.1) is 0 Å². The number of benzene rings is 1. The maximum absolute atomic E-state index is 12.9. The molecule has 0 aliphatic heterocycles. The van der Waals surface area contributed by atoms with E-state index in [9.17, 15) is 4.79 Å². The van der Waals surface area contributed by atoms with Gasteiger partial charge in [-0.1, -0.05) is 12.1 Å². The van der Waals surface area contributed by atoms with Gasteiger partial charge in [0.05, 0.1) is 18.5 Å². The van der Waals surface area contributed by atoms with E-state index in [1.165, 1.54) is 10.7 Å². The second-order valence-corrected chi connectivity index (χ2v) is 7.18. The summed E-state index contributed by atoms with van der Waals surface area (Å²) in [6.45, 7) is 4.30. The van der Waals surface area contributed by atoms with Crippen LogP contribution in [0.5, 0.6) is 5.75 Å². The van der Waals surface area contributed by atoms with Crippen molar-refractivity contribution in [2.75, 3.05) is 18.5 Å².